The molecular weight excluding hydrogens is 292 g/mol. The average molecular weight is 302 g/mol. The van der Waals surface area contributed by atoms with Crippen LogP contribution in [0, 0.1) is 0 Å². The lowest BCUT2D eigenvalue weighted by Gasteiger charge is -2.02. The van der Waals surface area contributed by atoms with Crippen LogP contribution in [-0.4, -0.2) is 27.5 Å². The zero-order valence-electron chi connectivity index (χ0n) is 10.9. The summed E-state index contributed by atoms with van der Waals surface area (Å²) < 4.78 is 10.2. The van der Waals surface area contributed by atoms with Crippen LogP contribution < -0.4 is 5.32 Å². The Morgan fingerprint density at radius 1 is 1.29 bits per heavy atom. The van der Waals surface area contributed by atoms with Gasteiger partial charge in [-0.25, -0.2) is 0 Å². The summed E-state index contributed by atoms with van der Waals surface area (Å²) in [5.74, 6) is 0.173. The molecule has 1 aromatic carbocycles. The maximum atomic E-state index is 12.1. The predicted octanol–water partition coefficient (Wildman–Crippen LogP) is 2.70. The molecule has 0 saturated heterocycles. The van der Waals surface area contributed by atoms with Crippen molar-refractivity contribution in [3.8, 4) is 11.7 Å². The normalized spacial score (nSPS) is 10.5. The molecular formula is C13H10N4O3S. The smallest absolute Gasteiger partial charge is 0.322 e. The molecule has 3 aromatic rings. The van der Waals surface area contributed by atoms with Gasteiger partial charge in [-0.15, -0.1) is 16.9 Å². The van der Waals surface area contributed by atoms with Crippen molar-refractivity contribution >= 4 is 23.7 Å². The van der Waals surface area contributed by atoms with Crippen molar-refractivity contribution in [1.29, 1.82) is 0 Å². The van der Waals surface area contributed by atoms with Crippen molar-refractivity contribution in [2.24, 2.45) is 0 Å². The van der Waals surface area contributed by atoms with E-state index >= 15 is 0 Å². The Hall–Kier alpha value is -2.61. The number of benzene rings is 1. The molecule has 1 amide bonds. The fourth-order valence-electron chi connectivity index (χ4n) is 1.63. The third kappa shape index (κ3) is 2.95. The third-order valence-electron chi connectivity index (χ3n) is 2.63. The fraction of sp³-hybridized carbons (Fsp3) is 0.0769. The van der Waals surface area contributed by atoms with Crippen LogP contribution in [0.25, 0.3) is 11.7 Å². The summed E-state index contributed by atoms with van der Waals surface area (Å²) in [6, 6.07) is 8.82. The first-order valence-electron chi connectivity index (χ1n) is 5.96. The molecule has 2 heterocycles. The summed E-state index contributed by atoms with van der Waals surface area (Å²) in [5.41, 5.74) is 0.515. The molecule has 0 atom stereocenters. The number of nitrogens with one attached hydrogen (secondary N) is 1. The molecule has 3 rings (SSSR count). The lowest BCUT2D eigenvalue weighted by atomic mass is 10.2. The van der Waals surface area contributed by atoms with Crippen LogP contribution in [0.3, 0.4) is 0 Å². The second-order valence-electron chi connectivity index (χ2n) is 3.98. The minimum Gasteiger partial charge on any atom is -0.400 e. The number of hydrogen-bond acceptors (Lipinski definition) is 7. The number of aromatic nitrogens is 3. The number of nitrogens with zero attached hydrogens (tertiary/aromatic N) is 3. The van der Waals surface area contributed by atoms with Crippen molar-refractivity contribution in [3.05, 3.63) is 42.1 Å². The monoisotopic (exact) mass is 302 g/mol. The average Bonchev–Trinajstić information content (AvgIpc) is 3.18. The SMILES string of the molecule is CSc1cccc(C(=O)Nc2nnc(-c3ccno3)o2)c1. The number of rotatable bonds is 4. The van der Waals surface area contributed by atoms with Crippen molar-refractivity contribution in [2.75, 3.05) is 11.6 Å². The molecule has 2 aromatic heterocycles. The predicted molar refractivity (Wildman–Crippen MR) is 76.0 cm³/mol. The van der Waals surface area contributed by atoms with Crippen LogP contribution in [0.2, 0.25) is 0 Å². The number of amides is 1. The van der Waals surface area contributed by atoms with Gasteiger partial charge >= 0.3 is 6.01 Å². The van der Waals surface area contributed by atoms with Gasteiger partial charge in [0, 0.05) is 16.5 Å². The van der Waals surface area contributed by atoms with E-state index in [1.807, 2.05) is 18.4 Å². The largest absolute Gasteiger partial charge is 0.400 e. The molecule has 106 valence electrons. The highest BCUT2D eigenvalue weighted by Gasteiger charge is 2.14. The number of hydrogen-bond donors (Lipinski definition) is 1. The highest BCUT2D eigenvalue weighted by Crippen LogP contribution is 2.20. The van der Waals surface area contributed by atoms with Crippen LogP contribution >= 0.6 is 11.8 Å². The first-order valence-corrected chi connectivity index (χ1v) is 7.18. The van der Waals surface area contributed by atoms with Crippen molar-refractivity contribution in [1.82, 2.24) is 15.4 Å². The van der Waals surface area contributed by atoms with Crippen LogP contribution in [-0.2, 0) is 0 Å². The Balaban J connectivity index is 1.75. The molecule has 0 radical (unpaired) electrons. The third-order valence-corrected chi connectivity index (χ3v) is 3.35. The van der Waals surface area contributed by atoms with E-state index in [1.54, 1.807) is 30.0 Å². The van der Waals surface area contributed by atoms with Gasteiger partial charge in [-0.1, -0.05) is 16.3 Å². The highest BCUT2D eigenvalue weighted by molar-refractivity contribution is 7.98. The standard InChI is InChI=1S/C13H10N4O3S/c1-21-9-4-2-3-8(7-9)11(18)15-13-17-16-12(19-13)10-5-6-14-20-10/h2-7H,1H3,(H,15,17,18). The lowest BCUT2D eigenvalue weighted by Crippen LogP contribution is -2.12. The molecule has 1 N–H and O–H groups in total. The van der Waals surface area contributed by atoms with Gasteiger partial charge in [-0.3, -0.25) is 10.1 Å². The first-order chi connectivity index (χ1) is 10.3. The molecule has 0 aliphatic rings. The summed E-state index contributed by atoms with van der Waals surface area (Å²) in [7, 11) is 0. The van der Waals surface area contributed by atoms with E-state index in [0.29, 0.717) is 11.3 Å². The van der Waals surface area contributed by atoms with E-state index in [4.69, 9.17) is 8.94 Å². The minimum atomic E-state index is -0.321. The van der Waals surface area contributed by atoms with Gasteiger partial charge in [0.1, 0.15) is 0 Å². The van der Waals surface area contributed by atoms with Crippen LogP contribution in [0.5, 0.6) is 0 Å². The molecule has 0 bridgehead atoms. The second kappa shape index (κ2) is 5.80. The molecule has 0 saturated carbocycles. The Labute approximate surface area is 123 Å². The number of thioether (sulfide) groups is 1. The van der Waals surface area contributed by atoms with E-state index in [0.717, 1.165) is 4.90 Å². The molecule has 0 fully saturated rings. The zero-order chi connectivity index (χ0) is 14.7. The topological polar surface area (TPSA) is 94.1 Å². The van der Waals surface area contributed by atoms with Gasteiger partial charge in [-0.2, -0.15) is 0 Å². The molecule has 7 nitrogen and oxygen atoms in total. The maximum absolute atomic E-state index is 12.1. The first kappa shape index (κ1) is 13.4. The van der Waals surface area contributed by atoms with Crippen LogP contribution in [0.4, 0.5) is 6.01 Å². The Bertz CT molecular complexity index is 754. The number of carbonyl (C=O) groups is 1. The Kier molecular flexibility index (Phi) is 3.69. The van der Waals surface area contributed by atoms with E-state index < -0.39 is 0 Å². The van der Waals surface area contributed by atoms with Gasteiger partial charge in [0.15, 0.2) is 0 Å². The molecule has 0 unspecified atom stereocenters. The van der Waals surface area contributed by atoms with E-state index in [-0.39, 0.29) is 17.8 Å². The molecule has 21 heavy (non-hydrogen) atoms. The van der Waals surface area contributed by atoms with Gasteiger partial charge in [0.2, 0.25) is 5.76 Å². The number of carbonyl (C=O) groups excluding carboxylic acids is 1. The fourth-order valence-corrected chi connectivity index (χ4v) is 2.09. The van der Waals surface area contributed by atoms with E-state index in [1.165, 1.54) is 6.20 Å². The zero-order valence-corrected chi connectivity index (χ0v) is 11.8. The Morgan fingerprint density at radius 3 is 2.95 bits per heavy atom. The summed E-state index contributed by atoms with van der Waals surface area (Å²) in [6.07, 6.45) is 3.41. The van der Waals surface area contributed by atoms with Crippen molar-refractivity contribution < 1.29 is 13.7 Å². The number of anilines is 1. The van der Waals surface area contributed by atoms with Crippen LogP contribution in [0.15, 0.2) is 50.4 Å². The second-order valence-corrected chi connectivity index (χ2v) is 4.85. The molecule has 0 aliphatic carbocycles. The van der Waals surface area contributed by atoms with E-state index in [9.17, 15) is 4.79 Å². The molecule has 0 aliphatic heterocycles. The molecule has 8 heteroatoms. The lowest BCUT2D eigenvalue weighted by molar-refractivity contribution is 0.102. The van der Waals surface area contributed by atoms with Gasteiger partial charge in [0.25, 0.3) is 11.8 Å². The van der Waals surface area contributed by atoms with E-state index in [2.05, 4.69) is 20.7 Å². The highest BCUT2D eigenvalue weighted by atomic mass is 32.2. The van der Waals surface area contributed by atoms with Gasteiger partial charge in [-0.05, 0) is 24.5 Å². The van der Waals surface area contributed by atoms with Crippen molar-refractivity contribution in [3.63, 3.8) is 0 Å². The quantitative estimate of drug-likeness (QED) is 0.740. The maximum Gasteiger partial charge on any atom is 0.322 e. The summed E-state index contributed by atoms with van der Waals surface area (Å²) in [4.78, 5) is 13.1. The summed E-state index contributed by atoms with van der Waals surface area (Å²) >= 11 is 1.56. The van der Waals surface area contributed by atoms with Gasteiger partial charge < -0.3 is 8.94 Å². The molecule has 0 spiro atoms. The minimum absolute atomic E-state index is 0.000884. The summed E-state index contributed by atoms with van der Waals surface area (Å²) in [5, 5.41) is 13.6. The van der Waals surface area contributed by atoms with Crippen molar-refractivity contribution in [2.45, 2.75) is 4.90 Å². The Morgan fingerprint density at radius 2 is 2.19 bits per heavy atom. The van der Waals surface area contributed by atoms with Crippen LogP contribution in [0.1, 0.15) is 10.4 Å². The van der Waals surface area contributed by atoms with Gasteiger partial charge in [0.05, 0.1) is 6.20 Å². The summed E-state index contributed by atoms with van der Waals surface area (Å²) in [6.45, 7) is 0.